The fourth-order valence-electron chi connectivity index (χ4n) is 4.45. The van der Waals surface area contributed by atoms with Crippen LogP contribution in [0.15, 0.2) is 54.6 Å². The van der Waals surface area contributed by atoms with Crippen molar-refractivity contribution >= 4 is 17.6 Å². The van der Waals surface area contributed by atoms with Gasteiger partial charge < -0.3 is 25.6 Å². The molecule has 4 N–H and O–H groups in total. The largest absolute Gasteiger partial charge is 0.493 e. The molecule has 1 heterocycles. The maximum Gasteiger partial charge on any atom is 0.422 e. The lowest BCUT2D eigenvalue weighted by atomic mass is 9.86. The predicted molar refractivity (Wildman–Crippen MR) is 152 cm³/mol. The lowest BCUT2D eigenvalue weighted by molar-refractivity contribution is -0.270. The maximum absolute atomic E-state index is 14.6. The average molecular weight is 602 g/mol. The number of hydrogen-bond acceptors (Lipinski definition) is 7. The Labute approximate surface area is 247 Å². The Hall–Kier alpha value is -4.45. The standard InChI is InChI=1S/C31H34F3N3O6/c1-18-6-8-20(9-7-18)23-15-22(29(3,4)37-19(2)38)16-27(36-23)30(41,31(32,33)34)13-12-24(39)21-10-11-25(26(14-21)42-5)43-17-28(35)40/h6-11,14-16,41H,12-13,17H2,1-5H3,(H2,35,40)(H,37,38). The number of nitrogens with zero attached hydrogens (tertiary/aromatic N) is 1. The first-order valence-electron chi connectivity index (χ1n) is 13.3. The molecule has 3 aromatic rings. The molecule has 43 heavy (non-hydrogen) atoms. The normalized spacial score (nSPS) is 13.1. The van der Waals surface area contributed by atoms with E-state index in [0.717, 1.165) is 11.6 Å². The van der Waals surface area contributed by atoms with E-state index in [9.17, 15) is 32.7 Å². The first-order valence-corrected chi connectivity index (χ1v) is 13.3. The highest BCUT2D eigenvalue weighted by atomic mass is 19.4. The first kappa shape index (κ1) is 33.1. The van der Waals surface area contributed by atoms with Crippen LogP contribution >= 0.6 is 0 Å². The molecular weight excluding hydrogens is 567 g/mol. The van der Waals surface area contributed by atoms with Crippen LogP contribution in [0, 0.1) is 6.92 Å². The number of ketones is 1. The molecule has 0 radical (unpaired) electrons. The zero-order valence-electron chi connectivity index (χ0n) is 24.5. The molecule has 0 aliphatic rings. The summed E-state index contributed by atoms with van der Waals surface area (Å²) in [5, 5.41) is 14.0. The highest BCUT2D eigenvalue weighted by molar-refractivity contribution is 5.96. The number of Topliss-reactive ketones (excluding diaryl/α,β-unsaturated/α-hetero) is 1. The van der Waals surface area contributed by atoms with Crippen LogP contribution in [-0.2, 0) is 20.7 Å². The third-order valence-corrected chi connectivity index (χ3v) is 6.84. The monoisotopic (exact) mass is 601 g/mol. The van der Waals surface area contributed by atoms with Gasteiger partial charge in [-0.2, -0.15) is 13.2 Å². The van der Waals surface area contributed by atoms with Crippen molar-refractivity contribution in [1.29, 1.82) is 0 Å². The summed E-state index contributed by atoms with van der Waals surface area (Å²) < 4.78 is 54.3. The van der Waals surface area contributed by atoms with Gasteiger partial charge in [-0.15, -0.1) is 0 Å². The Morgan fingerprint density at radius 3 is 2.21 bits per heavy atom. The Morgan fingerprint density at radius 1 is 1.00 bits per heavy atom. The number of rotatable bonds is 12. The second kappa shape index (κ2) is 12.8. The number of aryl methyl sites for hydroxylation is 1. The van der Waals surface area contributed by atoms with Crippen molar-refractivity contribution in [3.8, 4) is 22.8 Å². The number of carbonyl (C=O) groups excluding carboxylic acids is 3. The fraction of sp³-hybridized carbons (Fsp3) is 0.355. The molecule has 2 aromatic carbocycles. The van der Waals surface area contributed by atoms with Crippen LogP contribution in [0.4, 0.5) is 13.2 Å². The van der Waals surface area contributed by atoms with Crippen LogP contribution in [-0.4, -0.2) is 47.6 Å². The highest BCUT2D eigenvalue weighted by Crippen LogP contribution is 2.44. The molecule has 2 amide bonds. The lowest BCUT2D eigenvalue weighted by Crippen LogP contribution is -2.44. The number of methoxy groups -OCH3 is 1. The van der Waals surface area contributed by atoms with Crippen molar-refractivity contribution in [2.75, 3.05) is 13.7 Å². The van der Waals surface area contributed by atoms with Crippen molar-refractivity contribution in [3.05, 3.63) is 77.0 Å². The van der Waals surface area contributed by atoms with Gasteiger partial charge in [-0.25, -0.2) is 4.98 Å². The fourth-order valence-corrected chi connectivity index (χ4v) is 4.45. The zero-order chi connectivity index (χ0) is 32.2. The summed E-state index contributed by atoms with van der Waals surface area (Å²) in [5.74, 6) is -1.68. The molecule has 1 unspecified atom stereocenters. The van der Waals surface area contributed by atoms with E-state index >= 15 is 0 Å². The van der Waals surface area contributed by atoms with Crippen molar-refractivity contribution in [2.24, 2.45) is 5.73 Å². The Bertz CT molecular complexity index is 1510. The van der Waals surface area contributed by atoms with Gasteiger partial charge in [0.25, 0.3) is 5.91 Å². The molecule has 0 bridgehead atoms. The minimum atomic E-state index is -5.22. The van der Waals surface area contributed by atoms with E-state index in [4.69, 9.17) is 15.2 Å². The number of alkyl halides is 3. The molecule has 1 atom stereocenters. The summed E-state index contributed by atoms with van der Waals surface area (Å²) in [5.41, 5.74) is 1.57. The van der Waals surface area contributed by atoms with Crippen LogP contribution in [0.5, 0.6) is 11.5 Å². The molecule has 0 saturated carbocycles. The highest BCUT2D eigenvalue weighted by Gasteiger charge is 2.56. The number of carbonyl (C=O) groups is 3. The summed E-state index contributed by atoms with van der Waals surface area (Å²) in [6, 6.07) is 13.5. The van der Waals surface area contributed by atoms with Crippen molar-refractivity contribution in [3.63, 3.8) is 0 Å². The Morgan fingerprint density at radius 2 is 1.65 bits per heavy atom. The van der Waals surface area contributed by atoms with Crippen molar-refractivity contribution in [2.45, 2.75) is 57.9 Å². The van der Waals surface area contributed by atoms with Crippen LogP contribution in [0.2, 0.25) is 0 Å². The SMILES string of the molecule is COc1cc(C(=O)CCC(O)(c2cc(C(C)(C)NC(C)=O)cc(-c3ccc(C)cc3)n2)C(F)(F)F)ccc1OCC(N)=O. The van der Waals surface area contributed by atoms with Gasteiger partial charge in [0.1, 0.15) is 0 Å². The van der Waals surface area contributed by atoms with Gasteiger partial charge >= 0.3 is 6.18 Å². The van der Waals surface area contributed by atoms with Gasteiger partial charge in [0, 0.05) is 24.5 Å². The van der Waals surface area contributed by atoms with Crippen LogP contribution in [0.3, 0.4) is 0 Å². The van der Waals surface area contributed by atoms with Gasteiger partial charge in [0.05, 0.1) is 24.0 Å². The summed E-state index contributed by atoms with van der Waals surface area (Å²) in [7, 11) is 1.29. The van der Waals surface area contributed by atoms with E-state index in [0.29, 0.717) is 5.56 Å². The number of ether oxygens (including phenoxy) is 2. The lowest BCUT2D eigenvalue weighted by Gasteiger charge is -2.33. The minimum absolute atomic E-state index is 0.00152. The van der Waals surface area contributed by atoms with Crippen LogP contribution < -0.4 is 20.5 Å². The van der Waals surface area contributed by atoms with Gasteiger partial charge in [-0.1, -0.05) is 29.8 Å². The number of amides is 2. The third kappa shape index (κ3) is 7.89. The van der Waals surface area contributed by atoms with Crippen molar-refractivity contribution in [1.82, 2.24) is 10.3 Å². The number of pyridine rings is 1. The molecular formula is C31H34F3N3O6. The number of hydrogen-bond donors (Lipinski definition) is 3. The molecule has 0 saturated heterocycles. The molecule has 12 heteroatoms. The number of primary amides is 1. The molecule has 0 fully saturated rings. The second-order valence-electron chi connectivity index (χ2n) is 10.7. The summed E-state index contributed by atoms with van der Waals surface area (Å²) >= 11 is 0. The Kier molecular flexibility index (Phi) is 9.86. The average Bonchev–Trinajstić information content (AvgIpc) is 2.93. The summed E-state index contributed by atoms with van der Waals surface area (Å²) in [6.07, 6.45) is -6.96. The molecule has 3 rings (SSSR count). The van der Waals surface area contributed by atoms with Gasteiger partial charge in [0.15, 0.2) is 23.9 Å². The van der Waals surface area contributed by atoms with Crippen LogP contribution in [0.25, 0.3) is 11.3 Å². The predicted octanol–water partition coefficient (Wildman–Crippen LogP) is 4.71. The number of benzene rings is 2. The van der Waals surface area contributed by atoms with Crippen LogP contribution in [0.1, 0.15) is 60.8 Å². The topological polar surface area (TPSA) is 141 Å². The van der Waals surface area contributed by atoms with Gasteiger partial charge in [0.2, 0.25) is 11.5 Å². The van der Waals surface area contributed by atoms with E-state index in [2.05, 4.69) is 10.3 Å². The molecule has 1 aromatic heterocycles. The maximum atomic E-state index is 14.6. The zero-order valence-corrected chi connectivity index (χ0v) is 24.5. The third-order valence-electron chi connectivity index (χ3n) is 6.84. The van der Waals surface area contributed by atoms with Gasteiger partial charge in [-0.3, -0.25) is 14.4 Å². The molecule has 0 aliphatic carbocycles. The number of aromatic nitrogens is 1. The second-order valence-corrected chi connectivity index (χ2v) is 10.7. The van der Waals surface area contributed by atoms with E-state index in [1.807, 2.05) is 6.92 Å². The number of halogens is 3. The van der Waals surface area contributed by atoms with E-state index < -0.39 is 60.1 Å². The number of nitrogens with two attached hydrogens (primary N) is 1. The smallest absolute Gasteiger partial charge is 0.422 e. The van der Waals surface area contributed by atoms with Gasteiger partial charge in [-0.05, 0) is 63.1 Å². The van der Waals surface area contributed by atoms with Crippen molar-refractivity contribution < 1.29 is 42.1 Å². The quantitative estimate of drug-likeness (QED) is 0.255. The first-order chi connectivity index (χ1) is 20.0. The van der Waals surface area contributed by atoms with E-state index in [-0.39, 0.29) is 28.3 Å². The van der Waals surface area contributed by atoms with E-state index in [1.54, 1.807) is 44.2 Å². The Balaban J connectivity index is 2.04. The minimum Gasteiger partial charge on any atom is -0.493 e. The molecule has 0 aliphatic heterocycles. The number of aliphatic hydroxyl groups is 1. The van der Waals surface area contributed by atoms with E-state index in [1.165, 1.54) is 32.2 Å². The molecule has 0 spiro atoms. The molecule has 9 nitrogen and oxygen atoms in total. The number of nitrogens with one attached hydrogen (secondary N) is 1. The summed E-state index contributed by atoms with van der Waals surface area (Å²) in [6.45, 7) is 5.93. The summed E-state index contributed by atoms with van der Waals surface area (Å²) in [4.78, 5) is 40.2. The molecule has 230 valence electrons.